The molecule has 0 bridgehead atoms. The van der Waals surface area contributed by atoms with Gasteiger partial charge in [-0.05, 0) is 6.07 Å². The first-order valence-electron chi connectivity index (χ1n) is 3.75. The number of nitrogen functional groups attached to an aromatic ring is 1. The van der Waals surface area contributed by atoms with Crippen molar-refractivity contribution in [1.82, 2.24) is 4.98 Å². The van der Waals surface area contributed by atoms with Crippen molar-refractivity contribution in [2.24, 2.45) is 0 Å². The lowest BCUT2D eigenvalue weighted by Gasteiger charge is -2.04. The Kier molecular flexibility index (Phi) is 2.95. The molecule has 1 aromatic heterocycles. The molecule has 0 atom stereocenters. The van der Waals surface area contributed by atoms with Crippen LogP contribution in [0, 0.1) is 0 Å². The molecule has 0 fully saturated rings. The monoisotopic (exact) mass is 202 g/mol. The predicted octanol–water partition coefficient (Wildman–Crippen LogP) is 1.23. The van der Waals surface area contributed by atoms with Gasteiger partial charge in [-0.3, -0.25) is 9.78 Å². The summed E-state index contributed by atoms with van der Waals surface area (Å²) in [5.74, 6) is -1.10. The van der Waals surface area contributed by atoms with E-state index in [2.05, 4.69) is 4.98 Å². The number of anilines is 1. The fourth-order valence-corrected chi connectivity index (χ4v) is 0.937. The Bertz CT molecular complexity index is 355. The van der Waals surface area contributed by atoms with Gasteiger partial charge in [0.05, 0.1) is 17.8 Å². The fourth-order valence-electron chi connectivity index (χ4n) is 0.937. The van der Waals surface area contributed by atoms with Gasteiger partial charge in [0, 0.05) is 11.8 Å². The van der Waals surface area contributed by atoms with E-state index in [1.807, 2.05) is 0 Å². The molecule has 3 N–H and O–H groups in total. The number of carboxylic acids is 1. The van der Waals surface area contributed by atoms with Crippen molar-refractivity contribution in [3.05, 3.63) is 23.5 Å². The second kappa shape index (κ2) is 3.99. The minimum Gasteiger partial charge on any atom is -0.481 e. The Morgan fingerprint density at radius 3 is 2.71 bits per heavy atom. The number of carboxylic acid groups (broad SMARTS) is 1. The van der Waals surface area contributed by atoms with Crippen LogP contribution in [0.5, 0.6) is 0 Å². The number of carbonyl (C=O) groups is 1. The molecule has 4 nitrogen and oxygen atoms in total. The van der Waals surface area contributed by atoms with E-state index in [9.17, 15) is 13.6 Å². The molecule has 1 aromatic rings. The maximum atomic E-state index is 12.1. The van der Waals surface area contributed by atoms with E-state index in [1.54, 1.807) is 0 Å². The van der Waals surface area contributed by atoms with Crippen LogP contribution in [-0.2, 0) is 11.2 Å². The van der Waals surface area contributed by atoms with E-state index in [4.69, 9.17) is 10.8 Å². The third kappa shape index (κ3) is 2.38. The number of pyridine rings is 1. The molecule has 0 unspecified atom stereocenters. The topological polar surface area (TPSA) is 76.2 Å². The summed E-state index contributed by atoms with van der Waals surface area (Å²) in [7, 11) is 0. The van der Waals surface area contributed by atoms with E-state index in [-0.39, 0.29) is 23.4 Å². The van der Waals surface area contributed by atoms with Gasteiger partial charge in [-0.15, -0.1) is 0 Å². The number of aliphatic carboxylic acids is 1. The number of rotatable bonds is 3. The number of hydrogen-bond donors (Lipinski definition) is 2. The molecule has 0 aliphatic rings. The zero-order chi connectivity index (χ0) is 10.7. The molecule has 6 heteroatoms. The van der Waals surface area contributed by atoms with Crippen LogP contribution in [0.15, 0.2) is 12.3 Å². The number of hydrogen-bond acceptors (Lipinski definition) is 3. The van der Waals surface area contributed by atoms with Crippen LogP contribution in [0.2, 0.25) is 0 Å². The molecule has 0 saturated heterocycles. The number of alkyl halides is 2. The molecule has 0 aromatic carbocycles. The van der Waals surface area contributed by atoms with Crippen molar-refractivity contribution in [2.45, 2.75) is 12.8 Å². The quantitative estimate of drug-likeness (QED) is 0.772. The number of halogens is 2. The predicted molar refractivity (Wildman–Crippen MR) is 44.9 cm³/mol. The summed E-state index contributed by atoms with van der Waals surface area (Å²) in [6, 6.07) is 1.04. The molecule has 76 valence electrons. The number of nitrogens with two attached hydrogens (primary N) is 1. The van der Waals surface area contributed by atoms with Crippen LogP contribution >= 0.6 is 0 Å². The largest absolute Gasteiger partial charge is 0.481 e. The summed E-state index contributed by atoms with van der Waals surface area (Å²) >= 11 is 0. The van der Waals surface area contributed by atoms with Crippen LogP contribution in [-0.4, -0.2) is 16.1 Å². The first-order valence-corrected chi connectivity index (χ1v) is 3.75. The standard InChI is InChI=1S/C8H8F2N2O2/c9-8(10)4-1-5(11)6(12-3-4)2-7(13)14/h1,3,8H,2,11H2,(H,13,14). The zero-order valence-corrected chi connectivity index (χ0v) is 7.08. The lowest BCUT2D eigenvalue weighted by molar-refractivity contribution is -0.136. The number of nitrogens with zero attached hydrogens (tertiary/aromatic N) is 1. The van der Waals surface area contributed by atoms with Crippen molar-refractivity contribution >= 4 is 11.7 Å². The van der Waals surface area contributed by atoms with E-state index in [1.165, 1.54) is 0 Å². The molecule has 14 heavy (non-hydrogen) atoms. The Morgan fingerprint density at radius 2 is 2.29 bits per heavy atom. The van der Waals surface area contributed by atoms with Crippen molar-refractivity contribution in [3.8, 4) is 0 Å². The molecule has 1 heterocycles. The van der Waals surface area contributed by atoms with Crippen molar-refractivity contribution < 1.29 is 18.7 Å². The second-order valence-corrected chi connectivity index (χ2v) is 2.68. The summed E-state index contributed by atoms with van der Waals surface area (Å²) in [5, 5.41) is 8.43. The Labute approximate surface area is 78.4 Å². The SMILES string of the molecule is Nc1cc(C(F)F)cnc1CC(=O)O. The van der Waals surface area contributed by atoms with Crippen LogP contribution in [0.25, 0.3) is 0 Å². The Hall–Kier alpha value is -1.72. The highest BCUT2D eigenvalue weighted by Gasteiger charge is 2.11. The van der Waals surface area contributed by atoms with Gasteiger partial charge in [-0.1, -0.05) is 0 Å². The zero-order valence-electron chi connectivity index (χ0n) is 7.08. The van der Waals surface area contributed by atoms with Gasteiger partial charge < -0.3 is 10.8 Å². The molecule has 0 aliphatic heterocycles. The van der Waals surface area contributed by atoms with Gasteiger partial charge in [0.1, 0.15) is 0 Å². The second-order valence-electron chi connectivity index (χ2n) is 2.68. The van der Waals surface area contributed by atoms with Crippen molar-refractivity contribution in [3.63, 3.8) is 0 Å². The van der Waals surface area contributed by atoms with Crippen molar-refractivity contribution in [1.29, 1.82) is 0 Å². The lowest BCUT2D eigenvalue weighted by atomic mass is 10.2. The fraction of sp³-hybridized carbons (Fsp3) is 0.250. The van der Waals surface area contributed by atoms with Gasteiger partial charge in [-0.25, -0.2) is 8.78 Å². The van der Waals surface area contributed by atoms with Crippen LogP contribution in [0.3, 0.4) is 0 Å². The maximum Gasteiger partial charge on any atom is 0.309 e. The maximum absolute atomic E-state index is 12.1. The van der Waals surface area contributed by atoms with E-state index in [0.717, 1.165) is 12.3 Å². The molecule has 0 spiro atoms. The van der Waals surface area contributed by atoms with Crippen LogP contribution in [0.4, 0.5) is 14.5 Å². The highest BCUT2D eigenvalue weighted by Crippen LogP contribution is 2.21. The third-order valence-electron chi connectivity index (χ3n) is 1.60. The molecule has 0 radical (unpaired) electrons. The molecular formula is C8H8F2N2O2. The molecule has 0 saturated carbocycles. The summed E-state index contributed by atoms with van der Waals surface area (Å²) in [6.45, 7) is 0. The summed E-state index contributed by atoms with van der Waals surface area (Å²) in [5.41, 5.74) is 5.12. The van der Waals surface area contributed by atoms with E-state index >= 15 is 0 Å². The summed E-state index contributed by atoms with van der Waals surface area (Å²) < 4.78 is 24.3. The van der Waals surface area contributed by atoms with Crippen molar-refractivity contribution in [2.75, 3.05) is 5.73 Å². The first kappa shape index (κ1) is 10.4. The smallest absolute Gasteiger partial charge is 0.309 e. The highest BCUT2D eigenvalue weighted by molar-refractivity contribution is 5.71. The van der Waals surface area contributed by atoms with Gasteiger partial charge in [0.15, 0.2) is 0 Å². The average Bonchev–Trinajstić information content (AvgIpc) is 2.07. The first-order chi connectivity index (χ1) is 6.50. The van der Waals surface area contributed by atoms with E-state index < -0.39 is 12.4 Å². The molecule has 0 amide bonds. The normalized spacial score (nSPS) is 10.5. The minimum absolute atomic E-state index is 0.0230. The summed E-state index contributed by atoms with van der Waals surface area (Å²) in [4.78, 5) is 13.8. The third-order valence-corrected chi connectivity index (χ3v) is 1.60. The molecule has 0 aliphatic carbocycles. The highest BCUT2D eigenvalue weighted by atomic mass is 19.3. The minimum atomic E-state index is -2.65. The van der Waals surface area contributed by atoms with Crippen LogP contribution < -0.4 is 5.73 Å². The van der Waals surface area contributed by atoms with Gasteiger partial charge in [-0.2, -0.15) is 0 Å². The lowest BCUT2D eigenvalue weighted by Crippen LogP contribution is -2.06. The Morgan fingerprint density at radius 1 is 1.64 bits per heavy atom. The molecular weight excluding hydrogens is 194 g/mol. The van der Waals surface area contributed by atoms with E-state index in [0.29, 0.717) is 0 Å². The van der Waals surface area contributed by atoms with Gasteiger partial charge >= 0.3 is 5.97 Å². The van der Waals surface area contributed by atoms with Crippen LogP contribution in [0.1, 0.15) is 17.7 Å². The Balaban J connectivity index is 2.95. The average molecular weight is 202 g/mol. The van der Waals surface area contributed by atoms with Gasteiger partial charge in [0.2, 0.25) is 0 Å². The number of aromatic nitrogens is 1. The summed E-state index contributed by atoms with van der Waals surface area (Å²) in [6.07, 6.45) is -2.09. The molecule has 1 rings (SSSR count). The van der Waals surface area contributed by atoms with Gasteiger partial charge in [0.25, 0.3) is 6.43 Å².